The Hall–Kier alpha value is -5.64. The van der Waals surface area contributed by atoms with Gasteiger partial charge >= 0.3 is 0 Å². The van der Waals surface area contributed by atoms with Crippen molar-refractivity contribution in [2.24, 2.45) is 0 Å². The molecule has 59 heavy (non-hydrogen) atoms. The van der Waals surface area contributed by atoms with Gasteiger partial charge in [0, 0.05) is 61.3 Å². The zero-order valence-corrected chi connectivity index (χ0v) is 37.2. The summed E-state index contributed by atoms with van der Waals surface area (Å²) in [5.74, 6) is 2.07. The smallest absolute Gasteiger partial charge is 0.135 e. The second-order valence-electron chi connectivity index (χ2n) is 17.9. The molecular formula is C53H49N4OPt-3. The molecule has 0 fully saturated rings. The third-order valence-electron chi connectivity index (χ3n) is 11.5. The van der Waals surface area contributed by atoms with Gasteiger partial charge in [0.05, 0.1) is 0 Å². The van der Waals surface area contributed by atoms with Crippen molar-refractivity contribution in [1.82, 2.24) is 9.55 Å². The summed E-state index contributed by atoms with van der Waals surface area (Å²) in [6.07, 6.45) is 1.91. The van der Waals surface area contributed by atoms with Crippen molar-refractivity contribution >= 4 is 44.6 Å². The van der Waals surface area contributed by atoms with E-state index in [1.807, 2.05) is 12.3 Å². The van der Waals surface area contributed by atoms with Crippen LogP contribution in [0, 0.1) is 18.8 Å². The summed E-state index contributed by atoms with van der Waals surface area (Å²) in [7, 11) is 0. The van der Waals surface area contributed by atoms with Gasteiger partial charge in [-0.15, -0.1) is 53.6 Å². The maximum atomic E-state index is 6.88. The van der Waals surface area contributed by atoms with Crippen LogP contribution in [-0.2, 0) is 37.3 Å². The average molecular weight is 953 g/mol. The Bertz CT molecular complexity index is 2810. The van der Waals surface area contributed by atoms with Crippen LogP contribution >= 0.6 is 0 Å². The van der Waals surface area contributed by atoms with Crippen LogP contribution in [0.15, 0.2) is 146 Å². The number of aromatic nitrogens is 2. The Morgan fingerprint density at radius 3 is 1.95 bits per heavy atom. The zero-order valence-electron chi connectivity index (χ0n) is 34.9. The zero-order chi connectivity index (χ0) is 40.4. The normalized spacial score (nSPS) is 13.2. The predicted octanol–water partition coefficient (Wildman–Crippen LogP) is 13.9. The maximum absolute atomic E-state index is 6.88. The van der Waals surface area contributed by atoms with Crippen LogP contribution in [0.5, 0.6) is 11.5 Å². The fourth-order valence-electron chi connectivity index (χ4n) is 8.02. The molecule has 0 saturated carbocycles. The summed E-state index contributed by atoms with van der Waals surface area (Å²) in [5, 5.41) is 2.23. The maximum Gasteiger partial charge on any atom is 0.135 e. The van der Waals surface area contributed by atoms with E-state index in [0.29, 0.717) is 11.5 Å². The molecule has 8 aromatic rings. The van der Waals surface area contributed by atoms with E-state index in [9.17, 15) is 0 Å². The molecule has 0 N–H and O–H groups in total. The number of rotatable bonds is 7. The summed E-state index contributed by atoms with van der Waals surface area (Å²) in [5.41, 5.74) is 10.6. The Morgan fingerprint density at radius 1 is 0.542 bits per heavy atom. The minimum atomic E-state index is -0.340. The number of ether oxygens (including phenoxy) is 1. The van der Waals surface area contributed by atoms with Crippen LogP contribution in [0.1, 0.15) is 77.6 Å². The van der Waals surface area contributed by atoms with Crippen molar-refractivity contribution in [3.05, 3.63) is 187 Å². The van der Waals surface area contributed by atoms with E-state index in [-0.39, 0.29) is 37.3 Å². The summed E-state index contributed by atoms with van der Waals surface area (Å²) in [4.78, 5) is 9.38. The first-order valence-electron chi connectivity index (χ1n) is 20.1. The van der Waals surface area contributed by atoms with E-state index in [4.69, 9.17) is 9.72 Å². The molecule has 0 aliphatic carbocycles. The molecular weight excluding hydrogens is 904 g/mol. The Balaban J connectivity index is 0.00000484. The van der Waals surface area contributed by atoms with E-state index in [2.05, 4.69) is 222 Å². The monoisotopic (exact) mass is 952 g/mol. The minimum absolute atomic E-state index is 0. The third-order valence-corrected chi connectivity index (χ3v) is 11.5. The van der Waals surface area contributed by atoms with Crippen LogP contribution in [0.25, 0.3) is 27.6 Å². The van der Waals surface area contributed by atoms with Crippen LogP contribution in [0.2, 0.25) is 0 Å². The number of benzene rings is 6. The first kappa shape index (κ1) is 40.2. The van der Waals surface area contributed by atoms with Crippen LogP contribution in [0.3, 0.4) is 0 Å². The van der Waals surface area contributed by atoms with Crippen molar-refractivity contribution in [2.75, 3.05) is 9.80 Å². The number of anilines is 4. The van der Waals surface area contributed by atoms with Crippen LogP contribution < -0.4 is 14.5 Å². The van der Waals surface area contributed by atoms with Gasteiger partial charge in [-0.1, -0.05) is 134 Å². The molecule has 1 aliphatic rings. The summed E-state index contributed by atoms with van der Waals surface area (Å²) in [6, 6.07) is 56.7. The molecule has 5 nitrogen and oxygen atoms in total. The Morgan fingerprint density at radius 2 is 1.20 bits per heavy atom. The largest absolute Gasteiger partial charge is 0.509 e. The van der Waals surface area contributed by atoms with E-state index in [1.165, 1.54) is 16.7 Å². The fourth-order valence-corrected chi connectivity index (χ4v) is 8.02. The van der Waals surface area contributed by atoms with Crippen LogP contribution in [0.4, 0.5) is 22.7 Å². The van der Waals surface area contributed by atoms with Gasteiger partial charge in [-0.05, 0) is 80.8 Å². The molecule has 2 aromatic heterocycles. The summed E-state index contributed by atoms with van der Waals surface area (Å²) >= 11 is 0. The number of hydrogen-bond acceptors (Lipinski definition) is 4. The third kappa shape index (κ3) is 7.47. The topological polar surface area (TPSA) is 33.5 Å². The first-order valence-corrected chi connectivity index (χ1v) is 20.1. The van der Waals surface area contributed by atoms with E-state index < -0.39 is 0 Å². The Labute approximate surface area is 363 Å². The minimum Gasteiger partial charge on any atom is -0.509 e. The molecule has 0 unspecified atom stereocenters. The molecule has 9 rings (SSSR count). The molecule has 3 heterocycles. The molecule has 0 bridgehead atoms. The van der Waals surface area contributed by atoms with Crippen LogP contribution in [-0.4, -0.2) is 9.55 Å². The van der Waals surface area contributed by atoms with E-state index in [0.717, 1.165) is 55.9 Å². The van der Waals surface area contributed by atoms with Gasteiger partial charge in [0.15, 0.2) is 0 Å². The SMILES string of the molecule is CC(C)(C)c1cccc(N2[CH-]N(c3[c-]c(Oc4[c-]c5c(cc4)c4ccccc4n5-c4cc(C(C)(C)C)ccn4)cc(C(C)(C)c4ccccc4)c3)c3ccccc32)c1.[Pt]. The predicted molar refractivity (Wildman–Crippen MR) is 240 cm³/mol. The quantitative estimate of drug-likeness (QED) is 0.149. The molecule has 300 valence electrons. The van der Waals surface area contributed by atoms with Gasteiger partial charge in [0.2, 0.25) is 0 Å². The van der Waals surface area contributed by atoms with Crippen molar-refractivity contribution in [3.63, 3.8) is 0 Å². The number of nitrogens with zero attached hydrogens (tertiary/aromatic N) is 4. The molecule has 0 amide bonds. The summed E-state index contributed by atoms with van der Waals surface area (Å²) in [6.45, 7) is 20.2. The number of fused-ring (bicyclic) bond motifs is 4. The second kappa shape index (κ2) is 15.2. The van der Waals surface area contributed by atoms with Crippen molar-refractivity contribution in [2.45, 2.75) is 71.6 Å². The molecule has 6 aromatic carbocycles. The molecule has 0 spiro atoms. The van der Waals surface area contributed by atoms with Gasteiger partial charge in [-0.3, -0.25) is 0 Å². The molecule has 6 heteroatoms. The van der Waals surface area contributed by atoms with Gasteiger partial charge in [-0.25, -0.2) is 4.98 Å². The second-order valence-corrected chi connectivity index (χ2v) is 17.9. The standard InChI is InChI=1S/C53H49N4O.Pt/c1-51(2,3)37-19-16-20-40(29-37)55-35-56(48-24-15-14-23-47(48)55)41-30-39(53(7,8)36-17-10-9-11-18-36)31-43(33-41)58-42-25-26-45-44-21-12-13-22-46(44)57(49(45)34-42)50-32-38(27-28-54-50)52(4,5)6;/h9-32,35H,1-8H3;/q-3;. The number of para-hydroxylation sites is 3. The van der Waals surface area contributed by atoms with Crippen molar-refractivity contribution in [3.8, 4) is 17.3 Å². The number of pyridine rings is 1. The first-order chi connectivity index (χ1) is 27.8. The van der Waals surface area contributed by atoms with Gasteiger partial charge in [0.25, 0.3) is 0 Å². The van der Waals surface area contributed by atoms with E-state index in [1.54, 1.807) is 0 Å². The fraction of sp³-hybridized carbons (Fsp3) is 0.208. The molecule has 0 saturated heterocycles. The molecule has 0 atom stereocenters. The van der Waals surface area contributed by atoms with Crippen molar-refractivity contribution in [1.29, 1.82) is 0 Å². The van der Waals surface area contributed by atoms with Gasteiger partial charge in [-0.2, -0.15) is 6.07 Å². The van der Waals surface area contributed by atoms with Gasteiger partial charge in [0.1, 0.15) is 5.82 Å². The van der Waals surface area contributed by atoms with Gasteiger partial charge < -0.3 is 19.1 Å². The Kier molecular flexibility index (Phi) is 10.3. The van der Waals surface area contributed by atoms with E-state index >= 15 is 0 Å². The molecule has 1 aliphatic heterocycles. The summed E-state index contributed by atoms with van der Waals surface area (Å²) < 4.78 is 9.08. The molecule has 0 radical (unpaired) electrons. The average Bonchev–Trinajstić information content (AvgIpc) is 3.77. The van der Waals surface area contributed by atoms with Crippen molar-refractivity contribution < 1.29 is 25.8 Å². The number of hydrogen-bond donors (Lipinski definition) is 0.